The second-order valence-electron chi connectivity index (χ2n) is 7.81. The Kier molecular flexibility index (Phi) is 5.89. The quantitative estimate of drug-likeness (QED) is 0.769. The van der Waals surface area contributed by atoms with E-state index in [1.165, 1.54) is 57.8 Å². The van der Waals surface area contributed by atoms with Gasteiger partial charge in [-0.15, -0.1) is 11.6 Å². The van der Waals surface area contributed by atoms with Crippen LogP contribution in [0.2, 0.25) is 0 Å². The first-order valence-corrected chi connectivity index (χ1v) is 9.83. The SMILES string of the molecule is CC1CCCC(CC(NC2=NCCN2)C2CCCC(Cl)C2)C1. The van der Waals surface area contributed by atoms with Crippen LogP contribution in [-0.4, -0.2) is 30.5 Å². The predicted molar refractivity (Wildman–Crippen MR) is 94.6 cm³/mol. The van der Waals surface area contributed by atoms with Gasteiger partial charge < -0.3 is 10.6 Å². The number of nitrogens with one attached hydrogen (secondary N) is 2. The van der Waals surface area contributed by atoms with Gasteiger partial charge in [-0.2, -0.15) is 0 Å². The Morgan fingerprint density at radius 1 is 1.23 bits per heavy atom. The molecule has 5 atom stereocenters. The minimum absolute atomic E-state index is 0.381. The highest BCUT2D eigenvalue weighted by atomic mass is 35.5. The minimum Gasteiger partial charge on any atom is -0.355 e. The molecule has 0 spiro atoms. The van der Waals surface area contributed by atoms with Crippen molar-refractivity contribution in [2.75, 3.05) is 13.1 Å². The summed E-state index contributed by atoms with van der Waals surface area (Å²) >= 11 is 6.46. The van der Waals surface area contributed by atoms with E-state index in [4.69, 9.17) is 11.6 Å². The second kappa shape index (κ2) is 7.90. The molecule has 2 N–H and O–H groups in total. The molecule has 4 heteroatoms. The Balaban J connectivity index is 1.62. The molecule has 2 aliphatic carbocycles. The Morgan fingerprint density at radius 3 is 2.82 bits per heavy atom. The maximum Gasteiger partial charge on any atom is 0.191 e. The first-order chi connectivity index (χ1) is 10.7. The van der Waals surface area contributed by atoms with Gasteiger partial charge >= 0.3 is 0 Å². The largest absolute Gasteiger partial charge is 0.355 e. The number of guanidine groups is 1. The molecule has 3 rings (SSSR count). The standard InChI is InChI=1S/C18H32ClN3/c1-13-4-2-5-14(10-13)11-17(22-18-20-8-9-21-18)15-6-3-7-16(19)12-15/h13-17H,2-12H2,1H3,(H2,20,21,22). The van der Waals surface area contributed by atoms with E-state index in [0.29, 0.717) is 11.4 Å². The molecule has 1 aliphatic heterocycles. The van der Waals surface area contributed by atoms with Crippen LogP contribution in [0.15, 0.2) is 4.99 Å². The van der Waals surface area contributed by atoms with Gasteiger partial charge in [-0.05, 0) is 49.9 Å². The van der Waals surface area contributed by atoms with E-state index in [-0.39, 0.29) is 0 Å². The van der Waals surface area contributed by atoms with Gasteiger partial charge in [0.15, 0.2) is 5.96 Å². The molecule has 1 heterocycles. The molecule has 0 aromatic rings. The lowest BCUT2D eigenvalue weighted by molar-refractivity contribution is 0.206. The molecule has 3 nitrogen and oxygen atoms in total. The predicted octanol–water partition coefficient (Wildman–Crippen LogP) is 3.92. The van der Waals surface area contributed by atoms with Crippen molar-refractivity contribution in [1.82, 2.24) is 10.6 Å². The van der Waals surface area contributed by atoms with Crippen molar-refractivity contribution in [2.45, 2.75) is 76.1 Å². The van der Waals surface area contributed by atoms with Gasteiger partial charge in [0.1, 0.15) is 0 Å². The van der Waals surface area contributed by atoms with Gasteiger partial charge in [0.2, 0.25) is 0 Å². The zero-order chi connectivity index (χ0) is 15.4. The summed E-state index contributed by atoms with van der Waals surface area (Å²) in [6.07, 6.45) is 12.0. The first-order valence-electron chi connectivity index (χ1n) is 9.39. The summed E-state index contributed by atoms with van der Waals surface area (Å²) < 4.78 is 0. The normalized spacial score (nSPS) is 37.3. The first kappa shape index (κ1) is 16.4. The fraction of sp³-hybridized carbons (Fsp3) is 0.944. The summed E-state index contributed by atoms with van der Waals surface area (Å²) in [4.78, 5) is 4.56. The highest BCUT2D eigenvalue weighted by Gasteiger charge is 2.31. The van der Waals surface area contributed by atoms with Crippen molar-refractivity contribution < 1.29 is 0 Å². The monoisotopic (exact) mass is 325 g/mol. The van der Waals surface area contributed by atoms with Crippen LogP contribution < -0.4 is 10.6 Å². The number of alkyl halides is 1. The highest BCUT2D eigenvalue weighted by molar-refractivity contribution is 6.20. The Hall–Kier alpha value is -0.440. The number of hydrogen-bond donors (Lipinski definition) is 2. The Bertz CT molecular complexity index is 385. The van der Waals surface area contributed by atoms with Gasteiger partial charge in [-0.1, -0.05) is 32.6 Å². The van der Waals surface area contributed by atoms with Crippen molar-refractivity contribution in [3.63, 3.8) is 0 Å². The number of nitrogens with zero attached hydrogens (tertiary/aromatic N) is 1. The summed E-state index contributed by atoms with van der Waals surface area (Å²) in [5, 5.41) is 7.52. The van der Waals surface area contributed by atoms with Crippen molar-refractivity contribution in [2.24, 2.45) is 22.7 Å². The van der Waals surface area contributed by atoms with E-state index >= 15 is 0 Å². The highest BCUT2D eigenvalue weighted by Crippen LogP contribution is 2.36. The number of hydrogen-bond acceptors (Lipinski definition) is 3. The zero-order valence-electron chi connectivity index (χ0n) is 14.0. The van der Waals surface area contributed by atoms with Crippen LogP contribution in [0.4, 0.5) is 0 Å². The number of rotatable bonds is 4. The van der Waals surface area contributed by atoms with Gasteiger partial charge in [0, 0.05) is 18.0 Å². The van der Waals surface area contributed by atoms with E-state index in [9.17, 15) is 0 Å². The Labute approximate surface area is 140 Å². The molecule has 0 bridgehead atoms. The lowest BCUT2D eigenvalue weighted by Crippen LogP contribution is -2.47. The maximum absolute atomic E-state index is 6.46. The molecule has 126 valence electrons. The summed E-state index contributed by atoms with van der Waals surface area (Å²) in [6, 6.07) is 0.557. The van der Waals surface area contributed by atoms with Crippen molar-refractivity contribution in [1.29, 1.82) is 0 Å². The van der Waals surface area contributed by atoms with Crippen molar-refractivity contribution in [3.05, 3.63) is 0 Å². The molecule has 5 unspecified atom stereocenters. The average Bonchev–Trinajstić information content (AvgIpc) is 3.00. The summed E-state index contributed by atoms with van der Waals surface area (Å²) in [6.45, 7) is 4.32. The fourth-order valence-corrected chi connectivity index (χ4v) is 5.09. The zero-order valence-corrected chi connectivity index (χ0v) is 14.7. The molecule has 0 radical (unpaired) electrons. The lowest BCUT2D eigenvalue weighted by atomic mass is 9.75. The van der Waals surface area contributed by atoms with Gasteiger partial charge in [-0.3, -0.25) is 4.99 Å². The summed E-state index contributed by atoms with van der Waals surface area (Å²) in [7, 11) is 0. The van der Waals surface area contributed by atoms with Gasteiger partial charge in [-0.25, -0.2) is 0 Å². The third-order valence-electron chi connectivity index (χ3n) is 5.85. The molecular formula is C18H32ClN3. The van der Waals surface area contributed by atoms with Crippen LogP contribution >= 0.6 is 11.6 Å². The molecular weight excluding hydrogens is 294 g/mol. The maximum atomic E-state index is 6.46. The van der Waals surface area contributed by atoms with Crippen LogP contribution in [0.5, 0.6) is 0 Å². The van der Waals surface area contributed by atoms with E-state index in [0.717, 1.165) is 36.8 Å². The molecule has 2 saturated carbocycles. The van der Waals surface area contributed by atoms with Crippen molar-refractivity contribution >= 4 is 17.6 Å². The van der Waals surface area contributed by atoms with E-state index in [1.54, 1.807) is 0 Å². The molecule has 0 amide bonds. The van der Waals surface area contributed by atoms with E-state index < -0.39 is 0 Å². The van der Waals surface area contributed by atoms with E-state index in [1.807, 2.05) is 0 Å². The molecule has 3 aliphatic rings. The molecule has 2 fully saturated rings. The molecule has 0 aromatic heterocycles. The van der Waals surface area contributed by atoms with Gasteiger partial charge in [0.25, 0.3) is 0 Å². The Morgan fingerprint density at radius 2 is 2.09 bits per heavy atom. The number of halogens is 1. The lowest BCUT2D eigenvalue weighted by Gasteiger charge is -2.37. The third kappa shape index (κ3) is 4.53. The summed E-state index contributed by atoms with van der Waals surface area (Å²) in [5.41, 5.74) is 0. The van der Waals surface area contributed by atoms with E-state index in [2.05, 4.69) is 22.5 Å². The fourth-order valence-electron chi connectivity index (χ4n) is 4.70. The molecule has 0 aromatic carbocycles. The molecule has 22 heavy (non-hydrogen) atoms. The molecule has 0 saturated heterocycles. The summed E-state index contributed by atoms with van der Waals surface area (Å²) in [5.74, 6) is 3.55. The van der Waals surface area contributed by atoms with Crippen LogP contribution in [-0.2, 0) is 0 Å². The van der Waals surface area contributed by atoms with Crippen LogP contribution in [0.1, 0.15) is 64.7 Å². The minimum atomic E-state index is 0.381. The second-order valence-corrected chi connectivity index (χ2v) is 8.42. The van der Waals surface area contributed by atoms with Crippen molar-refractivity contribution in [3.8, 4) is 0 Å². The topological polar surface area (TPSA) is 36.4 Å². The van der Waals surface area contributed by atoms with Crippen LogP contribution in [0.3, 0.4) is 0 Å². The van der Waals surface area contributed by atoms with Gasteiger partial charge in [0.05, 0.1) is 6.54 Å². The smallest absolute Gasteiger partial charge is 0.191 e. The third-order valence-corrected chi connectivity index (χ3v) is 6.24. The van der Waals surface area contributed by atoms with Crippen LogP contribution in [0, 0.1) is 17.8 Å². The number of aliphatic imine (C=N–C) groups is 1. The average molecular weight is 326 g/mol. The van der Waals surface area contributed by atoms with Crippen LogP contribution in [0.25, 0.3) is 0 Å².